The third-order valence-corrected chi connectivity index (χ3v) is 5.93. The Morgan fingerprint density at radius 1 is 1.11 bits per heavy atom. The zero-order chi connectivity index (χ0) is 19.0. The second-order valence-electron chi connectivity index (χ2n) is 7.69. The summed E-state index contributed by atoms with van der Waals surface area (Å²) in [5.74, 6) is -0.196. The molecule has 0 atom stereocenters. The van der Waals surface area contributed by atoms with E-state index < -0.39 is 5.41 Å². The van der Waals surface area contributed by atoms with Gasteiger partial charge in [-0.15, -0.1) is 0 Å². The fraction of sp³-hybridized carbons (Fsp3) is 0.391. The molecule has 2 aromatic carbocycles. The van der Waals surface area contributed by atoms with Gasteiger partial charge >= 0.3 is 0 Å². The molecular weight excluding hydrogens is 336 g/mol. The Kier molecular flexibility index (Phi) is 4.50. The number of anilines is 2. The number of rotatable bonds is 4. The van der Waals surface area contributed by atoms with E-state index >= 15 is 0 Å². The van der Waals surface area contributed by atoms with Crippen molar-refractivity contribution < 1.29 is 9.59 Å². The van der Waals surface area contributed by atoms with Gasteiger partial charge in [-0.1, -0.05) is 43.3 Å². The van der Waals surface area contributed by atoms with E-state index in [-0.39, 0.29) is 11.8 Å². The topological polar surface area (TPSA) is 49.4 Å². The minimum atomic E-state index is -0.905. The van der Waals surface area contributed by atoms with Crippen LogP contribution in [-0.4, -0.2) is 18.4 Å². The maximum atomic E-state index is 13.4. The zero-order valence-corrected chi connectivity index (χ0v) is 16.0. The van der Waals surface area contributed by atoms with Gasteiger partial charge < -0.3 is 10.2 Å². The van der Waals surface area contributed by atoms with Crippen LogP contribution >= 0.6 is 0 Å². The molecule has 4 rings (SSSR count). The first-order valence-electron chi connectivity index (χ1n) is 9.86. The second kappa shape index (κ2) is 6.84. The van der Waals surface area contributed by atoms with Crippen LogP contribution in [-0.2, 0) is 22.4 Å². The van der Waals surface area contributed by atoms with Crippen molar-refractivity contribution in [2.75, 3.05) is 16.8 Å². The lowest BCUT2D eigenvalue weighted by Crippen LogP contribution is -2.45. The second-order valence-corrected chi connectivity index (χ2v) is 7.69. The predicted molar refractivity (Wildman–Crippen MR) is 108 cm³/mol. The van der Waals surface area contributed by atoms with Crippen LogP contribution in [0.3, 0.4) is 0 Å². The third-order valence-electron chi connectivity index (χ3n) is 5.93. The molecule has 1 heterocycles. The molecule has 27 heavy (non-hydrogen) atoms. The highest BCUT2D eigenvalue weighted by atomic mass is 16.2. The summed E-state index contributed by atoms with van der Waals surface area (Å²) >= 11 is 0. The molecule has 2 aliphatic rings. The first kappa shape index (κ1) is 17.8. The number of nitrogens with one attached hydrogen (secondary N) is 1. The summed E-state index contributed by atoms with van der Waals surface area (Å²) in [5, 5.41) is 3.09. The van der Waals surface area contributed by atoms with Gasteiger partial charge in [-0.3, -0.25) is 9.59 Å². The van der Waals surface area contributed by atoms with Crippen LogP contribution in [0.4, 0.5) is 11.4 Å². The highest BCUT2D eigenvalue weighted by Gasteiger charge is 2.58. The fourth-order valence-electron chi connectivity index (χ4n) is 4.10. The van der Waals surface area contributed by atoms with Gasteiger partial charge in [-0.2, -0.15) is 0 Å². The van der Waals surface area contributed by atoms with Crippen molar-refractivity contribution in [3.05, 3.63) is 59.2 Å². The molecule has 0 bridgehead atoms. The van der Waals surface area contributed by atoms with Gasteiger partial charge in [-0.25, -0.2) is 0 Å². The van der Waals surface area contributed by atoms with Crippen molar-refractivity contribution >= 4 is 23.2 Å². The highest BCUT2D eigenvalue weighted by Crippen LogP contribution is 2.49. The third kappa shape index (κ3) is 3.03. The number of hydrogen-bond donors (Lipinski definition) is 1. The average molecular weight is 362 g/mol. The van der Waals surface area contributed by atoms with E-state index in [1.807, 2.05) is 48.2 Å². The normalized spacial score (nSPS) is 17.2. The number of hydrogen-bond acceptors (Lipinski definition) is 2. The Morgan fingerprint density at radius 2 is 1.89 bits per heavy atom. The van der Waals surface area contributed by atoms with Crippen LogP contribution < -0.4 is 10.2 Å². The van der Waals surface area contributed by atoms with E-state index in [4.69, 9.17) is 0 Å². The van der Waals surface area contributed by atoms with Crippen LogP contribution in [0.1, 0.15) is 42.9 Å². The lowest BCUT2D eigenvalue weighted by molar-refractivity contribution is -0.132. The summed E-state index contributed by atoms with van der Waals surface area (Å²) in [6, 6.07) is 14.1. The van der Waals surface area contributed by atoms with E-state index in [9.17, 15) is 9.59 Å². The molecule has 2 aromatic rings. The quantitative estimate of drug-likeness (QED) is 0.827. The van der Waals surface area contributed by atoms with Gasteiger partial charge in [0.2, 0.25) is 11.8 Å². The van der Waals surface area contributed by atoms with Crippen molar-refractivity contribution in [2.24, 2.45) is 5.41 Å². The fourth-order valence-corrected chi connectivity index (χ4v) is 4.10. The van der Waals surface area contributed by atoms with Gasteiger partial charge in [0.15, 0.2) is 0 Å². The lowest BCUT2D eigenvalue weighted by atomic mass is 9.97. The van der Waals surface area contributed by atoms with E-state index in [2.05, 4.69) is 18.3 Å². The molecule has 4 heteroatoms. The van der Waals surface area contributed by atoms with Gasteiger partial charge in [-0.05, 0) is 61.8 Å². The van der Waals surface area contributed by atoms with E-state index in [1.54, 1.807) is 0 Å². The number of carbonyl (C=O) groups is 2. The minimum absolute atomic E-state index is 0.0428. The molecule has 1 fully saturated rings. The molecule has 4 nitrogen and oxygen atoms in total. The summed E-state index contributed by atoms with van der Waals surface area (Å²) in [4.78, 5) is 28.4. The van der Waals surface area contributed by atoms with Gasteiger partial charge in [0.1, 0.15) is 5.41 Å². The summed E-state index contributed by atoms with van der Waals surface area (Å²) in [6.07, 6.45) is 4.03. The smallest absolute Gasteiger partial charge is 0.242 e. The molecule has 0 radical (unpaired) electrons. The number of fused-ring (bicyclic) bond motifs is 1. The summed E-state index contributed by atoms with van der Waals surface area (Å²) in [7, 11) is 0. The minimum Gasteiger partial charge on any atom is -0.325 e. The Labute approximate surface area is 160 Å². The molecule has 0 saturated heterocycles. The Balaban J connectivity index is 1.60. The molecular formula is C23H26N2O2. The number of aryl methyl sites for hydroxylation is 3. The maximum absolute atomic E-state index is 13.4. The Morgan fingerprint density at radius 3 is 2.63 bits per heavy atom. The molecule has 1 aliphatic carbocycles. The Bertz CT molecular complexity index is 899. The van der Waals surface area contributed by atoms with Crippen LogP contribution in [0.5, 0.6) is 0 Å². The number of benzene rings is 2. The van der Waals surface area contributed by atoms with Gasteiger partial charge in [0, 0.05) is 17.9 Å². The monoisotopic (exact) mass is 362 g/mol. The summed E-state index contributed by atoms with van der Waals surface area (Å²) < 4.78 is 0. The van der Waals surface area contributed by atoms with E-state index in [0.29, 0.717) is 19.4 Å². The van der Waals surface area contributed by atoms with Crippen molar-refractivity contribution in [2.45, 2.75) is 46.0 Å². The molecule has 140 valence electrons. The lowest BCUT2D eigenvalue weighted by Gasteiger charge is -2.32. The predicted octanol–water partition coefficient (Wildman–Crippen LogP) is 4.26. The average Bonchev–Trinajstić information content (AvgIpc) is 3.50. The van der Waals surface area contributed by atoms with E-state index in [0.717, 1.165) is 41.8 Å². The number of para-hydroxylation sites is 2. The summed E-state index contributed by atoms with van der Waals surface area (Å²) in [5.41, 5.74) is 4.27. The summed E-state index contributed by atoms with van der Waals surface area (Å²) in [6.45, 7) is 4.76. The molecule has 1 aliphatic heterocycles. The Hall–Kier alpha value is -2.62. The standard InChI is InChI=1S/C23H26N2O2/c1-3-17-10-6-8-16(2)20(17)24-21(26)23(13-14-23)22(27)25-15-7-11-18-9-4-5-12-19(18)25/h4-6,8-10,12H,3,7,11,13-15H2,1-2H3,(H,24,26). The van der Waals surface area contributed by atoms with Crippen molar-refractivity contribution in [3.63, 3.8) is 0 Å². The van der Waals surface area contributed by atoms with Crippen molar-refractivity contribution in [1.29, 1.82) is 0 Å². The van der Waals surface area contributed by atoms with Crippen LogP contribution in [0.25, 0.3) is 0 Å². The maximum Gasteiger partial charge on any atom is 0.242 e. The number of carbonyl (C=O) groups excluding carboxylic acids is 2. The van der Waals surface area contributed by atoms with Crippen LogP contribution in [0, 0.1) is 12.3 Å². The van der Waals surface area contributed by atoms with Gasteiger partial charge in [0.25, 0.3) is 0 Å². The van der Waals surface area contributed by atoms with Gasteiger partial charge in [0.05, 0.1) is 0 Å². The van der Waals surface area contributed by atoms with Crippen LogP contribution in [0.15, 0.2) is 42.5 Å². The zero-order valence-electron chi connectivity index (χ0n) is 16.0. The van der Waals surface area contributed by atoms with Crippen molar-refractivity contribution in [3.8, 4) is 0 Å². The van der Waals surface area contributed by atoms with Crippen molar-refractivity contribution in [1.82, 2.24) is 0 Å². The largest absolute Gasteiger partial charge is 0.325 e. The molecule has 0 spiro atoms. The highest BCUT2D eigenvalue weighted by molar-refractivity contribution is 6.18. The first-order chi connectivity index (χ1) is 13.1. The molecule has 2 amide bonds. The number of nitrogens with zero attached hydrogens (tertiary/aromatic N) is 1. The molecule has 1 N–H and O–H groups in total. The SMILES string of the molecule is CCc1cccc(C)c1NC(=O)C1(C(=O)N2CCCc3ccccc32)CC1. The van der Waals surface area contributed by atoms with Crippen LogP contribution in [0.2, 0.25) is 0 Å². The molecule has 0 aromatic heterocycles. The molecule has 1 saturated carbocycles. The first-order valence-corrected chi connectivity index (χ1v) is 9.86. The number of amides is 2. The molecule has 0 unspecified atom stereocenters. The van der Waals surface area contributed by atoms with E-state index in [1.165, 1.54) is 5.56 Å².